The topological polar surface area (TPSA) is 44.8 Å². The Kier molecular flexibility index (Phi) is 6.82. The average Bonchev–Trinajstić information content (AvgIpc) is 2.04. The number of carbonyl (C=O) groups excluding carboxylic acids is 1. The Morgan fingerprint density at radius 1 is 1.36 bits per heavy atom. The summed E-state index contributed by atoms with van der Waals surface area (Å²) in [7, 11) is 4.53. The molecule has 0 aromatic heterocycles. The number of methoxy groups -OCH3 is 1. The fraction of sp³-hybridized carbons (Fsp3) is 0.714. The predicted octanol–water partition coefficient (Wildman–Crippen LogP) is 1.36. The summed E-state index contributed by atoms with van der Waals surface area (Å²) < 4.78 is 13.4. The maximum atomic E-state index is 10.3. The van der Waals surface area contributed by atoms with Crippen LogP contribution in [0.25, 0.3) is 0 Å². The van der Waals surface area contributed by atoms with Gasteiger partial charge in [0, 0.05) is 13.7 Å². The molecule has 0 saturated heterocycles. The first kappa shape index (κ1) is 10.2. The molecule has 0 aliphatic carbocycles. The first-order chi connectivity index (χ1) is 5.31. The van der Waals surface area contributed by atoms with E-state index in [9.17, 15) is 4.79 Å². The van der Waals surface area contributed by atoms with Crippen molar-refractivity contribution >= 4 is 6.16 Å². The van der Waals surface area contributed by atoms with Gasteiger partial charge in [0.15, 0.2) is 0 Å². The molecule has 0 aliphatic rings. The van der Waals surface area contributed by atoms with Crippen LogP contribution >= 0.6 is 0 Å². The largest absolute Gasteiger partial charge is 0.508 e. The van der Waals surface area contributed by atoms with Crippen LogP contribution in [0.15, 0.2) is 0 Å². The van der Waals surface area contributed by atoms with E-state index >= 15 is 0 Å². The fourth-order valence-electron chi connectivity index (χ4n) is 0.546. The SMILES string of the molecule is [CH2]OC(=O)OCCCCOC. The van der Waals surface area contributed by atoms with Crippen LogP contribution in [-0.2, 0) is 14.2 Å². The molecule has 0 rings (SSSR count). The summed E-state index contributed by atoms with van der Waals surface area (Å²) in [6.45, 7) is 1.04. The summed E-state index contributed by atoms with van der Waals surface area (Å²) in [5.74, 6) is 0. The van der Waals surface area contributed by atoms with Gasteiger partial charge in [0.1, 0.15) is 7.11 Å². The highest BCUT2D eigenvalue weighted by Crippen LogP contribution is 1.91. The van der Waals surface area contributed by atoms with Gasteiger partial charge in [-0.15, -0.1) is 0 Å². The van der Waals surface area contributed by atoms with Gasteiger partial charge in [0.25, 0.3) is 0 Å². The third-order valence-corrected chi connectivity index (χ3v) is 1.08. The quantitative estimate of drug-likeness (QED) is 0.451. The van der Waals surface area contributed by atoms with Gasteiger partial charge >= 0.3 is 6.16 Å². The second-order valence-electron chi connectivity index (χ2n) is 1.94. The second-order valence-corrected chi connectivity index (χ2v) is 1.94. The van der Waals surface area contributed by atoms with E-state index in [-0.39, 0.29) is 0 Å². The van der Waals surface area contributed by atoms with Gasteiger partial charge in [-0.1, -0.05) is 0 Å². The molecule has 1 radical (unpaired) electrons. The molecule has 0 spiro atoms. The lowest BCUT2D eigenvalue weighted by Gasteiger charge is -2.01. The van der Waals surface area contributed by atoms with Crippen molar-refractivity contribution in [3.63, 3.8) is 0 Å². The molecule has 0 saturated carbocycles. The molecule has 0 heterocycles. The fourth-order valence-corrected chi connectivity index (χ4v) is 0.546. The summed E-state index contributed by atoms with van der Waals surface area (Å²) >= 11 is 0. The number of unbranched alkanes of at least 4 members (excludes halogenated alkanes) is 1. The lowest BCUT2D eigenvalue weighted by atomic mass is 10.3. The molecule has 11 heavy (non-hydrogen) atoms. The molecule has 0 aromatic carbocycles. The molecule has 0 unspecified atom stereocenters. The third kappa shape index (κ3) is 7.12. The number of rotatable bonds is 5. The van der Waals surface area contributed by atoms with E-state index in [0.29, 0.717) is 13.2 Å². The summed E-state index contributed by atoms with van der Waals surface area (Å²) in [5, 5.41) is 0. The van der Waals surface area contributed by atoms with Crippen LogP contribution in [0, 0.1) is 7.11 Å². The minimum atomic E-state index is -0.734. The molecular weight excluding hydrogens is 148 g/mol. The summed E-state index contributed by atoms with van der Waals surface area (Å²) in [4.78, 5) is 10.3. The molecule has 65 valence electrons. The maximum Gasteiger partial charge on any atom is 0.508 e. The zero-order chi connectivity index (χ0) is 8.53. The van der Waals surface area contributed by atoms with Gasteiger partial charge in [-0.05, 0) is 12.8 Å². The van der Waals surface area contributed by atoms with E-state index in [2.05, 4.69) is 16.6 Å². The van der Waals surface area contributed by atoms with Gasteiger partial charge in [-0.3, -0.25) is 0 Å². The van der Waals surface area contributed by atoms with Crippen LogP contribution in [0.2, 0.25) is 0 Å². The highest BCUT2D eigenvalue weighted by Gasteiger charge is 1.98. The minimum absolute atomic E-state index is 0.359. The van der Waals surface area contributed by atoms with Gasteiger partial charge in [0.05, 0.1) is 6.61 Å². The minimum Gasteiger partial charge on any atom is -0.434 e. The molecule has 0 atom stereocenters. The van der Waals surface area contributed by atoms with Crippen molar-refractivity contribution in [1.82, 2.24) is 0 Å². The van der Waals surface area contributed by atoms with Gasteiger partial charge in [-0.25, -0.2) is 4.79 Å². The van der Waals surface area contributed by atoms with Gasteiger partial charge in [0.2, 0.25) is 0 Å². The highest BCUT2D eigenvalue weighted by atomic mass is 16.7. The molecule has 4 nitrogen and oxygen atoms in total. The van der Waals surface area contributed by atoms with E-state index in [1.54, 1.807) is 7.11 Å². The van der Waals surface area contributed by atoms with Crippen LogP contribution in [0.5, 0.6) is 0 Å². The van der Waals surface area contributed by atoms with Crippen LogP contribution in [0.1, 0.15) is 12.8 Å². The Bertz CT molecular complexity index is 103. The van der Waals surface area contributed by atoms with Crippen LogP contribution in [-0.4, -0.2) is 26.5 Å². The van der Waals surface area contributed by atoms with E-state index in [1.807, 2.05) is 0 Å². The Morgan fingerprint density at radius 2 is 2.00 bits per heavy atom. The summed E-state index contributed by atoms with van der Waals surface area (Å²) in [6.07, 6.45) is 0.923. The third-order valence-electron chi connectivity index (χ3n) is 1.08. The lowest BCUT2D eigenvalue weighted by Crippen LogP contribution is -2.04. The van der Waals surface area contributed by atoms with Crippen LogP contribution in [0.3, 0.4) is 0 Å². The van der Waals surface area contributed by atoms with Crippen molar-refractivity contribution < 1.29 is 19.0 Å². The molecule has 0 fully saturated rings. The van der Waals surface area contributed by atoms with Crippen LogP contribution < -0.4 is 0 Å². The summed E-state index contributed by atoms with van der Waals surface area (Å²) in [5.41, 5.74) is 0. The molecule has 0 N–H and O–H groups in total. The average molecular weight is 161 g/mol. The van der Waals surface area contributed by atoms with Crippen LogP contribution in [0.4, 0.5) is 4.79 Å². The molecule has 0 aliphatic heterocycles. The van der Waals surface area contributed by atoms with E-state index in [4.69, 9.17) is 4.74 Å². The number of carbonyl (C=O) groups is 1. The van der Waals surface area contributed by atoms with Gasteiger partial charge < -0.3 is 14.2 Å². The predicted molar refractivity (Wildman–Crippen MR) is 38.9 cm³/mol. The van der Waals surface area contributed by atoms with E-state index in [1.165, 1.54) is 0 Å². The van der Waals surface area contributed by atoms with Gasteiger partial charge in [-0.2, -0.15) is 0 Å². The molecule has 0 bridgehead atoms. The first-order valence-corrected chi connectivity index (χ1v) is 3.39. The monoisotopic (exact) mass is 161 g/mol. The number of hydrogen-bond acceptors (Lipinski definition) is 4. The van der Waals surface area contributed by atoms with Crippen molar-refractivity contribution in [1.29, 1.82) is 0 Å². The number of ether oxygens (including phenoxy) is 3. The van der Waals surface area contributed by atoms with Crippen molar-refractivity contribution in [2.24, 2.45) is 0 Å². The smallest absolute Gasteiger partial charge is 0.434 e. The van der Waals surface area contributed by atoms with E-state index < -0.39 is 6.16 Å². The molecule has 0 amide bonds. The Morgan fingerprint density at radius 3 is 2.55 bits per heavy atom. The standard InChI is InChI=1S/C7H13O4/c1-9-5-3-4-6-11-7(8)10-2/h2-6H2,1H3. The van der Waals surface area contributed by atoms with E-state index in [0.717, 1.165) is 12.8 Å². The normalized spacial score (nSPS) is 9.27. The van der Waals surface area contributed by atoms with Crippen molar-refractivity contribution in [3.05, 3.63) is 7.11 Å². The molecule has 4 heteroatoms. The van der Waals surface area contributed by atoms with Crippen molar-refractivity contribution in [3.8, 4) is 0 Å². The van der Waals surface area contributed by atoms with Crippen molar-refractivity contribution in [2.45, 2.75) is 12.8 Å². The highest BCUT2D eigenvalue weighted by molar-refractivity contribution is 5.59. The lowest BCUT2D eigenvalue weighted by molar-refractivity contribution is 0.0789. The van der Waals surface area contributed by atoms with Crippen molar-refractivity contribution in [2.75, 3.05) is 20.3 Å². The molecular formula is C7H13O4. The summed E-state index contributed by atoms with van der Waals surface area (Å²) in [6, 6.07) is 0. The Balaban J connectivity index is 2.95. The number of hydrogen-bond donors (Lipinski definition) is 0. The zero-order valence-corrected chi connectivity index (χ0v) is 6.67. The Labute approximate surface area is 66.4 Å². The maximum absolute atomic E-state index is 10.3. The first-order valence-electron chi connectivity index (χ1n) is 3.39. The zero-order valence-electron chi connectivity index (χ0n) is 6.67. The second kappa shape index (κ2) is 7.34. The molecule has 0 aromatic rings. The Hall–Kier alpha value is -0.770.